The van der Waals surface area contributed by atoms with Crippen molar-refractivity contribution >= 4 is 40.2 Å². The smallest absolute Gasteiger partial charge is 0.314 e. The maximum Gasteiger partial charge on any atom is 0.314 e. The Labute approximate surface area is 196 Å². The van der Waals surface area contributed by atoms with Gasteiger partial charge in [0.2, 0.25) is 0 Å². The van der Waals surface area contributed by atoms with E-state index >= 15 is 0 Å². The second-order valence-corrected chi connectivity index (χ2v) is 8.30. The molecule has 0 atom stereocenters. The second kappa shape index (κ2) is 11.1. The summed E-state index contributed by atoms with van der Waals surface area (Å²) in [5, 5.41) is 15.0. The molecule has 2 aromatic rings. The van der Waals surface area contributed by atoms with Gasteiger partial charge in [-0.2, -0.15) is 0 Å². The molecule has 3 heterocycles. The first-order valence-electron chi connectivity index (χ1n) is 10.7. The van der Waals surface area contributed by atoms with Crippen molar-refractivity contribution in [2.24, 2.45) is 4.99 Å². The predicted octanol–water partition coefficient (Wildman–Crippen LogP) is 2.46. The highest BCUT2D eigenvalue weighted by Gasteiger charge is 2.24. The number of amides is 2. The molecule has 2 aliphatic heterocycles. The fraction of sp³-hybridized carbons (Fsp3) is 0.364. The molecule has 0 aliphatic carbocycles. The van der Waals surface area contributed by atoms with Gasteiger partial charge in [-0.1, -0.05) is 17.8 Å². The van der Waals surface area contributed by atoms with E-state index in [2.05, 4.69) is 36.8 Å². The topological polar surface area (TPSA) is 95.0 Å². The minimum Gasteiger partial charge on any atom is -0.378 e. The van der Waals surface area contributed by atoms with Crippen molar-refractivity contribution in [3.63, 3.8) is 0 Å². The standard InChI is InChI=1S/C22H26FN7O2S/c1-24-21(31)25-8-9-30-19(7-14-33-22(30)26-17-4-2-3-16(23)15-17)18-5-6-20(28-27-18)29-10-12-32-13-11-29/h2-7,15H,8-14H2,1H3,(H2,24,25,31). The molecular weight excluding hydrogens is 445 g/mol. The van der Waals surface area contributed by atoms with E-state index in [0.717, 1.165) is 24.6 Å². The van der Waals surface area contributed by atoms with Gasteiger partial charge < -0.3 is 25.2 Å². The first-order chi connectivity index (χ1) is 16.1. The molecule has 33 heavy (non-hydrogen) atoms. The number of aliphatic imine (C=N–C) groups is 1. The Hall–Kier alpha value is -3.18. The lowest BCUT2D eigenvalue weighted by atomic mass is 10.2. The lowest BCUT2D eigenvalue weighted by Gasteiger charge is -2.31. The van der Waals surface area contributed by atoms with E-state index in [1.165, 1.54) is 23.9 Å². The van der Waals surface area contributed by atoms with Gasteiger partial charge in [0, 0.05) is 39.0 Å². The molecule has 174 valence electrons. The number of halogens is 1. The van der Waals surface area contributed by atoms with Gasteiger partial charge in [-0.3, -0.25) is 0 Å². The lowest BCUT2D eigenvalue weighted by molar-refractivity contribution is 0.122. The highest BCUT2D eigenvalue weighted by Crippen LogP contribution is 2.30. The number of hydrogen-bond acceptors (Lipinski definition) is 7. The highest BCUT2D eigenvalue weighted by atomic mass is 32.2. The number of rotatable bonds is 6. The quantitative estimate of drug-likeness (QED) is 0.668. The van der Waals surface area contributed by atoms with Crippen molar-refractivity contribution in [1.29, 1.82) is 0 Å². The number of anilines is 1. The molecule has 1 fully saturated rings. The third-order valence-corrected chi connectivity index (χ3v) is 6.04. The largest absolute Gasteiger partial charge is 0.378 e. The van der Waals surface area contributed by atoms with E-state index in [-0.39, 0.29) is 11.8 Å². The number of carbonyl (C=O) groups is 1. The normalized spacial score (nSPS) is 17.6. The van der Waals surface area contributed by atoms with Gasteiger partial charge >= 0.3 is 6.03 Å². The van der Waals surface area contributed by atoms with Crippen molar-refractivity contribution in [2.45, 2.75) is 0 Å². The summed E-state index contributed by atoms with van der Waals surface area (Å²) in [4.78, 5) is 20.4. The van der Waals surface area contributed by atoms with Crippen LogP contribution < -0.4 is 15.5 Å². The molecule has 2 amide bonds. The van der Waals surface area contributed by atoms with Gasteiger partial charge in [-0.15, -0.1) is 10.2 Å². The number of aromatic nitrogens is 2. The summed E-state index contributed by atoms with van der Waals surface area (Å²) in [6, 6.07) is 9.81. The molecule has 4 rings (SSSR count). The number of amidine groups is 1. The average molecular weight is 472 g/mol. The van der Waals surface area contributed by atoms with Crippen LogP contribution in [0, 0.1) is 5.82 Å². The third kappa shape index (κ3) is 5.99. The summed E-state index contributed by atoms with van der Waals surface area (Å²) >= 11 is 1.54. The fourth-order valence-corrected chi connectivity index (χ4v) is 4.39. The zero-order valence-electron chi connectivity index (χ0n) is 18.3. The molecule has 9 nitrogen and oxygen atoms in total. The summed E-state index contributed by atoms with van der Waals surface area (Å²) in [6.45, 7) is 3.78. The number of benzene rings is 1. The number of ether oxygens (including phenoxy) is 1. The van der Waals surface area contributed by atoms with Gasteiger partial charge in [0.1, 0.15) is 11.5 Å². The van der Waals surface area contributed by atoms with Crippen LogP contribution in [0.3, 0.4) is 0 Å². The molecule has 0 bridgehead atoms. The van der Waals surface area contributed by atoms with Gasteiger partial charge in [0.05, 0.1) is 24.6 Å². The number of urea groups is 1. The zero-order chi connectivity index (χ0) is 23.0. The Bertz CT molecular complexity index is 1030. The van der Waals surface area contributed by atoms with Crippen LogP contribution in [0.1, 0.15) is 5.69 Å². The number of morpholine rings is 1. The van der Waals surface area contributed by atoms with Gasteiger partial charge in [0.25, 0.3) is 0 Å². The van der Waals surface area contributed by atoms with Crippen LogP contribution in [0.2, 0.25) is 0 Å². The van der Waals surface area contributed by atoms with Crippen molar-refractivity contribution < 1.29 is 13.9 Å². The Balaban J connectivity index is 1.58. The van der Waals surface area contributed by atoms with Crippen LogP contribution >= 0.6 is 11.8 Å². The van der Waals surface area contributed by atoms with E-state index in [4.69, 9.17) is 4.74 Å². The van der Waals surface area contributed by atoms with Gasteiger partial charge in [-0.25, -0.2) is 14.2 Å². The number of nitrogens with zero attached hydrogens (tertiary/aromatic N) is 5. The van der Waals surface area contributed by atoms with Crippen LogP contribution in [-0.4, -0.2) is 78.5 Å². The molecule has 11 heteroatoms. The van der Waals surface area contributed by atoms with Crippen molar-refractivity contribution in [2.75, 3.05) is 57.1 Å². The second-order valence-electron chi connectivity index (χ2n) is 7.31. The van der Waals surface area contributed by atoms with Crippen LogP contribution in [0.15, 0.2) is 47.5 Å². The minimum atomic E-state index is -0.342. The number of hydrogen-bond donors (Lipinski definition) is 2. The predicted molar refractivity (Wildman–Crippen MR) is 128 cm³/mol. The molecule has 0 unspecified atom stereocenters. The first kappa shape index (κ1) is 23.0. The monoisotopic (exact) mass is 471 g/mol. The van der Waals surface area contributed by atoms with E-state index < -0.39 is 0 Å². The molecule has 1 aromatic heterocycles. The number of nitrogens with one attached hydrogen (secondary N) is 2. The van der Waals surface area contributed by atoms with Crippen LogP contribution in [0.25, 0.3) is 5.70 Å². The van der Waals surface area contributed by atoms with E-state index in [9.17, 15) is 9.18 Å². The summed E-state index contributed by atoms with van der Waals surface area (Å²) in [6.07, 6.45) is 2.06. The van der Waals surface area contributed by atoms with Gasteiger partial charge in [-0.05, 0) is 36.4 Å². The molecule has 2 N–H and O–H groups in total. The van der Waals surface area contributed by atoms with Gasteiger partial charge in [0.15, 0.2) is 11.0 Å². The summed E-state index contributed by atoms with van der Waals surface area (Å²) < 4.78 is 19.1. The maximum absolute atomic E-state index is 13.7. The Kier molecular flexibility index (Phi) is 7.74. The first-order valence-corrected chi connectivity index (χ1v) is 11.7. The SMILES string of the molecule is CNC(=O)NCCN1C(c2ccc(N3CCOCC3)nn2)=CCSC1=Nc1cccc(F)c1. The molecule has 2 aliphatic rings. The Morgan fingerprint density at radius 2 is 2.09 bits per heavy atom. The summed E-state index contributed by atoms with van der Waals surface area (Å²) in [7, 11) is 1.57. The maximum atomic E-state index is 13.7. The van der Waals surface area contributed by atoms with E-state index in [1.54, 1.807) is 19.2 Å². The zero-order valence-corrected chi connectivity index (χ0v) is 19.1. The molecule has 0 saturated carbocycles. The molecule has 1 saturated heterocycles. The van der Waals surface area contributed by atoms with Crippen molar-refractivity contribution in [1.82, 2.24) is 25.7 Å². The molecule has 1 aromatic carbocycles. The average Bonchev–Trinajstić information content (AvgIpc) is 2.85. The molecule has 0 radical (unpaired) electrons. The van der Waals surface area contributed by atoms with Crippen LogP contribution in [-0.2, 0) is 4.74 Å². The Morgan fingerprint density at radius 3 is 2.82 bits per heavy atom. The van der Waals surface area contributed by atoms with E-state index in [0.29, 0.717) is 48.6 Å². The summed E-state index contributed by atoms with van der Waals surface area (Å²) in [5.41, 5.74) is 2.08. The minimum absolute atomic E-state index is 0.261. The Morgan fingerprint density at radius 1 is 1.24 bits per heavy atom. The lowest BCUT2D eigenvalue weighted by Crippen LogP contribution is -2.41. The van der Waals surface area contributed by atoms with Crippen molar-refractivity contribution in [3.05, 3.63) is 54.0 Å². The van der Waals surface area contributed by atoms with Crippen molar-refractivity contribution in [3.8, 4) is 0 Å². The molecular formula is C22H26FN7O2S. The number of carbonyl (C=O) groups excluding carboxylic acids is 1. The van der Waals surface area contributed by atoms with Crippen LogP contribution in [0.4, 0.5) is 20.7 Å². The fourth-order valence-electron chi connectivity index (χ4n) is 3.49. The molecule has 0 spiro atoms. The van der Waals surface area contributed by atoms with Crippen LogP contribution in [0.5, 0.6) is 0 Å². The third-order valence-electron chi connectivity index (χ3n) is 5.14. The number of thioether (sulfide) groups is 1. The highest BCUT2D eigenvalue weighted by molar-refractivity contribution is 8.14. The van der Waals surface area contributed by atoms with E-state index in [1.807, 2.05) is 17.0 Å². The summed E-state index contributed by atoms with van der Waals surface area (Å²) in [5.74, 6) is 1.16.